The van der Waals surface area contributed by atoms with Crippen molar-refractivity contribution in [2.24, 2.45) is 0 Å². The van der Waals surface area contributed by atoms with Gasteiger partial charge in [-0.15, -0.1) is 0 Å². The SMILES string of the molecule is CN(c1ccc(C(F)(F)F)cc1)S(=O)(=O)c1ccc2c(c1)N(O)C(C(=O)O)C2. The number of halogens is 3. The summed E-state index contributed by atoms with van der Waals surface area (Å²) in [6, 6.07) is 6.18. The molecule has 11 heteroatoms. The summed E-state index contributed by atoms with van der Waals surface area (Å²) in [5, 5.41) is 19.6. The number of aliphatic carboxylic acids is 1. The van der Waals surface area contributed by atoms with Gasteiger partial charge in [0.25, 0.3) is 10.0 Å². The van der Waals surface area contributed by atoms with Gasteiger partial charge in [0.1, 0.15) is 0 Å². The number of rotatable bonds is 4. The molecule has 2 N–H and O–H groups in total. The van der Waals surface area contributed by atoms with Gasteiger partial charge < -0.3 is 5.11 Å². The van der Waals surface area contributed by atoms with Crippen LogP contribution in [-0.2, 0) is 27.4 Å². The largest absolute Gasteiger partial charge is 0.480 e. The van der Waals surface area contributed by atoms with Crippen LogP contribution in [0.4, 0.5) is 24.5 Å². The lowest BCUT2D eigenvalue weighted by Gasteiger charge is -2.21. The Morgan fingerprint density at radius 2 is 1.79 bits per heavy atom. The van der Waals surface area contributed by atoms with Gasteiger partial charge in [-0.05, 0) is 42.0 Å². The van der Waals surface area contributed by atoms with Crippen molar-refractivity contribution >= 4 is 27.4 Å². The molecule has 1 atom stereocenters. The standard InChI is InChI=1S/C17H15F3N2O5S/c1-21(12-5-3-11(4-6-12)17(18,19)20)28(26,27)13-7-2-10-8-15(16(23)24)22(25)14(10)9-13/h2-7,9,15,25H,8H2,1H3,(H,23,24). The first kappa shape index (κ1) is 20.0. The number of alkyl halides is 3. The summed E-state index contributed by atoms with van der Waals surface area (Å²) in [6.45, 7) is 0. The second-order valence-corrected chi connectivity index (χ2v) is 8.18. The van der Waals surface area contributed by atoms with Crippen molar-refractivity contribution in [2.75, 3.05) is 16.4 Å². The number of hydroxylamine groups is 1. The highest BCUT2D eigenvalue weighted by atomic mass is 32.2. The molecule has 1 aliphatic heterocycles. The van der Waals surface area contributed by atoms with Crippen LogP contribution in [0.25, 0.3) is 0 Å². The molecule has 0 amide bonds. The number of carboxylic acids is 1. The summed E-state index contributed by atoms with van der Waals surface area (Å²) in [5.41, 5.74) is -0.381. The van der Waals surface area contributed by atoms with E-state index in [1.165, 1.54) is 19.2 Å². The molecule has 1 unspecified atom stereocenters. The highest BCUT2D eigenvalue weighted by Crippen LogP contribution is 2.35. The van der Waals surface area contributed by atoms with Crippen LogP contribution >= 0.6 is 0 Å². The van der Waals surface area contributed by atoms with Crippen molar-refractivity contribution in [1.82, 2.24) is 0 Å². The molecule has 2 aromatic rings. The molecule has 1 aliphatic rings. The predicted molar refractivity (Wildman–Crippen MR) is 92.9 cm³/mol. The third-order valence-corrected chi connectivity index (χ3v) is 6.30. The molecule has 0 aromatic heterocycles. The molecular formula is C17H15F3N2O5S. The number of hydrogen-bond acceptors (Lipinski definition) is 5. The quantitative estimate of drug-likeness (QED) is 0.796. The number of benzene rings is 2. The molecule has 28 heavy (non-hydrogen) atoms. The Morgan fingerprint density at radius 1 is 1.18 bits per heavy atom. The lowest BCUT2D eigenvalue weighted by molar-refractivity contribution is -0.140. The number of fused-ring (bicyclic) bond motifs is 1. The smallest absolute Gasteiger partial charge is 0.416 e. The van der Waals surface area contributed by atoms with E-state index in [9.17, 15) is 31.6 Å². The second-order valence-electron chi connectivity index (χ2n) is 6.21. The average Bonchev–Trinajstić information content (AvgIpc) is 2.97. The zero-order chi connectivity index (χ0) is 20.9. The number of carboxylic acid groups (broad SMARTS) is 1. The van der Waals surface area contributed by atoms with E-state index in [1.807, 2.05) is 0 Å². The third kappa shape index (κ3) is 3.38. The van der Waals surface area contributed by atoms with Crippen LogP contribution in [0, 0.1) is 0 Å². The molecule has 0 fully saturated rings. The zero-order valence-corrected chi connectivity index (χ0v) is 15.2. The number of sulfonamides is 1. The van der Waals surface area contributed by atoms with Gasteiger partial charge in [-0.3, -0.25) is 9.51 Å². The van der Waals surface area contributed by atoms with Crippen molar-refractivity contribution in [3.8, 4) is 0 Å². The molecular weight excluding hydrogens is 401 g/mol. The van der Waals surface area contributed by atoms with E-state index in [0.717, 1.165) is 34.6 Å². The van der Waals surface area contributed by atoms with Gasteiger partial charge in [-0.25, -0.2) is 18.3 Å². The first-order valence-electron chi connectivity index (χ1n) is 7.93. The van der Waals surface area contributed by atoms with Gasteiger partial charge in [-0.1, -0.05) is 6.07 Å². The fourth-order valence-corrected chi connectivity index (χ4v) is 4.12. The maximum Gasteiger partial charge on any atom is 0.416 e. The minimum atomic E-state index is -4.54. The molecule has 0 aliphatic carbocycles. The molecule has 0 saturated carbocycles. The summed E-state index contributed by atoms with van der Waals surface area (Å²) in [7, 11) is -2.97. The Labute approximate surface area is 158 Å². The van der Waals surface area contributed by atoms with E-state index >= 15 is 0 Å². The molecule has 150 valence electrons. The van der Waals surface area contributed by atoms with Gasteiger partial charge in [0, 0.05) is 13.5 Å². The van der Waals surface area contributed by atoms with Gasteiger partial charge in [0.15, 0.2) is 6.04 Å². The molecule has 7 nitrogen and oxygen atoms in total. The average molecular weight is 416 g/mol. The zero-order valence-electron chi connectivity index (χ0n) is 14.4. The van der Waals surface area contributed by atoms with Gasteiger partial charge in [0.05, 0.1) is 21.8 Å². The molecule has 0 spiro atoms. The minimum Gasteiger partial charge on any atom is -0.480 e. The fourth-order valence-electron chi connectivity index (χ4n) is 2.90. The van der Waals surface area contributed by atoms with E-state index in [0.29, 0.717) is 10.6 Å². The molecule has 0 bridgehead atoms. The van der Waals surface area contributed by atoms with Crippen molar-refractivity contribution in [2.45, 2.75) is 23.5 Å². The van der Waals surface area contributed by atoms with Crippen molar-refractivity contribution in [1.29, 1.82) is 0 Å². The topological polar surface area (TPSA) is 98.2 Å². The van der Waals surface area contributed by atoms with Gasteiger partial charge >= 0.3 is 12.1 Å². The Kier molecular flexibility index (Phi) is 4.76. The fraction of sp³-hybridized carbons (Fsp3) is 0.235. The van der Waals surface area contributed by atoms with Crippen LogP contribution in [0.3, 0.4) is 0 Å². The predicted octanol–water partition coefficient (Wildman–Crippen LogP) is 2.74. The molecule has 3 rings (SSSR count). The third-order valence-electron chi connectivity index (χ3n) is 4.51. The molecule has 2 aromatic carbocycles. The Balaban J connectivity index is 1.93. The Bertz CT molecular complexity index is 1020. The highest BCUT2D eigenvalue weighted by Gasteiger charge is 2.35. The van der Waals surface area contributed by atoms with E-state index < -0.39 is 33.8 Å². The van der Waals surface area contributed by atoms with Crippen LogP contribution in [-0.4, -0.2) is 37.8 Å². The second kappa shape index (κ2) is 6.67. The normalized spacial score (nSPS) is 16.8. The van der Waals surface area contributed by atoms with Crippen LogP contribution in [0.2, 0.25) is 0 Å². The lowest BCUT2D eigenvalue weighted by Crippen LogP contribution is -2.36. The number of nitrogens with zero attached hydrogens (tertiary/aromatic N) is 2. The number of carbonyl (C=O) groups is 1. The first-order chi connectivity index (χ1) is 12.9. The van der Waals surface area contributed by atoms with Gasteiger partial charge in [-0.2, -0.15) is 13.2 Å². The summed E-state index contributed by atoms with van der Waals surface area (Å²) in [4.78, 5) is 10.9. The summed E-state index contributed by atoms with van der Waals surface area (Å²) < 4.78 is 64.5. The maximum atomic E-state index is 12.8. The maximum absolute atomic E-state index is 12.8. The summed E-state index contributed by atoms with van der Waals surface area (Å²) in [6.07, 6.45) is -4.53. The van der Waals surface area contributed by atoms with Crippen LogP contribution < -0.4 is 9.37 Å². The van der Waals surface area contributed by atoms with E-state index in [4.69, 9.17) is 5.11 Å². The molecule has 0 saturated heterocycles. The first-order valence-corrected chi connectivity index (χ1v) is 9.37. The Hall–Kier alpha value is -2.79. The molecule has 0 radical (unpaired) electrons. The summed E-state index contributed by atoms with van der Waals surface area (Å²) in [5.74, 6) is -1.26. The van der Waals surface area contributed by atoms with Crippen molar-refractivity contribution in [3.63, 3.8) is 0 Å². The Morgan fingerprint density at radius 3 is 2.32 bits per heavy atom. The minimum absolute atomic E-state index is 0.0102. The monoisotopic (exact) mass is 416 g/mol. The van der Waals surface area contributed by atoms with Crippen LogP contribution in [0.15, 0.2) is 47.4 Å². The number of anilines is 2. The summed E-state index contributed by atoms with van der Waals surface area (Å²) >= 11 is 0. The van der Waals surface area contributed by atoms with Crippen LogP contribution in [0.5, 0.6) is 0 Å². The highest BCUT2D eigenvalue weighted by molar-refractivity contribution is 7.92. The van der Waals surface area contributed by atoms with Gasteiger partial charge in [0.2, 0.25) is 0 Å². The van der Waals surface area contributed by atoms with E-state index in [-0.39, 0.29) is 22.7 Å². The van der Waals surface area contributed by atoms with E-state index in [1.54, 1.807) is 0 Å². The van der Waals surface area contributed by atoms with Crippen molar-refractivity contribution in [3.05, 3.63) is 53.6 Å². The van der Waals surface area contributed by atoms with Crippen LogP contribution in [0.1, 0.15) is 11.1 Å². The number of hydrogen-bond donors (Lipinski definition) is 2. The van der Waals surface area contributed by atoms with Crippen molar-refractivity contribution < 1.29 is 36.7 Å². The lowest BCUT2D eigenvalue weighted by atomic mass is 10.1. The molecule has 1 heterocycles. The van der Waals surface area contributed by atoms with E-state index in [2.05, 4.69) is 0 Å².